The SMILES string of the molecule is O=[N+]([O-])c1ccccc1-c1ccc(CC(O)CCl)cc1. The van der Waals surface area contributed by atoms with Crippen LogP contribution >= 0.6 is 11.6 Å². The Bertz CT molecular complexity index is 598. The highest BCUT2D eigenvalue weighted by Crippen LogP contribution is 2.29. The number of aliphatic hydroxyl groups excluding tert-OH is 1. The van der Waals surface area contributed by atoms with Gasteiger partial charge in [0.2, 0.25) is 0 Å². The van der Waals surface area contributed by atoms with E-state index in [2.05, 4.69) is 0 Å². The van der Waals surface area contributed by atoms with E-state index in [0.29, 0.717) is 12.0 Å². The van der Waals surface area contributed by atoms with Crippen LogP contribution in [0.5, 0.6) is 0 Å². The number of nitro groups is 1. The van der Waals surface area contributed by atoms with Gasteiger partial charge < -0.3 is 5.11 Å². The Morgan fingerprint density at radius 2 is 1.80 bits per heavy atom. The van der Waals surface area contributed by atoms with E-state index in [1.807, 2.05) is 24.3 Å². The predicted molar refractivity (Wildman–Crippen MR) is 79.0 cm³/mol. The topological polar surface area (TPSA) is 63.4 Å². The lowest BCUT2D eigenvalue weighted by Gasteiger charge is -2.08. The fourth-order valence-corrected chi connectivity index (χ4v) is 2.13. The Labute approximate surface area is 121 Å². The van der Waals surface area contributed by atoms with Gasteiger partial charge in [-0.1, -0.05) is 36.4 Å². The van der Waals surface area contributed by atoms with Crippen LogP contribution in [-0.2, 0) is 6.42 Å². The van der Waals surface area contributed by atoms with Gasteiger partial charge in [-0.05, 0) is 23.6 Å². The number of benzene rings is 2. The minimum Gasteiger partial charge on any atom is -0.392 e. The molecule has 1 N–H and O–H groups in total. The predicted octanol–water partition coefficient (Wildman–Crippen LogP) is 3.40. The highest BCUT2D eigenvalue weighted by molar-refractivity contribution is 6.18. The molecule has 2 aromatic rings. The number of rotatable bonds is 5. The second kappa shape index (κ2) is 6.50. The molecule has 0 spiro atoms. The monoisotopic (exact) mass is 291 g/mol. The van der Waals surface area contributed by atoms with Gasteiger partial charge in [0.1, 0.15) is 0 Å². The van der Waals surface area contributed by atoms with Crippen LogP contribution in [0.2, 0.25) is 0 Å². The number of nitro benzene ring substituents is 1. The van der Waals surface area contributed by atoms with Gasteiger partial charge in [0.05, 0.1) is 16.6 Å². The molecule has 0 fully saturated rings. The molecule has 0 aromatic heterocycles. The minimum atomic E-state index is -0.575. The van der Waals surface area contributed by atoms with Crippen molar-refractivity contribution in [3.63, 3.8) is 0 Å². The quantitative estimate of drug-likeness (QED) is 0.522. The molecule has 104 valence electrons. The molecular weight excluding hydrogens is 278 g/mol. The summed E-state index contributed by atoms with van der Waals surface area (Å²) in [5, 5.41) is 20.5. The minimum absolute atomic E-state index is 0.0843. The second-order valence-corrected chi connectivity index (χ2v) is 4.79. The number of halogens is 1. The van der Waals surface area contributed by atoms with Crippen LogP contribution in [0.1, 0.15) is 5.56 Å². The third-order valence-electron chi connectivity index (χ3n) is 3.02. The molecule has 0 radical (unpaired) electrons. The van der Waals surface area contributed by atoms with Gasteiger partial charge in [-0.15, -0.1) is 11.6 Å². The van der Waals surface area contributed by atoms with E-state index in [0.717, 1.165) is 11.1 Å². The molecule has 0 heterocycles. The summed E-state index contributed by atoms with van der Waals surface area (Å²) in [4.78, 5) is 10.6. The van der Waals surface area contributed by atoms with E-state index in [4.69, 9.17) is 11.6 Å². The average Bonchev–Trinajstić information content (AvgIpc) is 2.48. The first-order chi connectivity index (χ1) is 9.61. The first-order valence-corrected chi connectivity index (χ1v) is 6.72. The number of hydrogen-bond donors (Lipinski definition) is 1. The normalized spacial score (nSPS) is 12.1. The van der Waals surface area contributed by atoms with Crippen molar-refractivity contribution < 1.29 is 10.0 Å². The molecule has 2 rings (SSSR count). The molecule has 0 aliphatic rings. The van der Waals surface area contributed by atoms with Gasteiger partial charge >= 0.3 is 0 Å². The van der Waals surface area contributed by atoms with Gasteiger partial charge in [-0.3, -0.25) is 10.1 Å². The summed E-state index contributed by atoms with van der Waals surface area (Å²) < 4.78 is 0. The Hall–Kier alpha value is -1.91. The van der Waals surface area contributed by atoms with Gasteiger partial charge in [0, 0.05) is 11.9 Å². The van der Waals surface area contributed by atoms with E-state index in [1.54, 1.807) is 18.2 Å². The number of alkyl halides is 1. The van der Waals surface area contributed by atoms with Crippen molar-refractivity contribution in [1.82, 2.24) is 0 Å². The van der Waals surface area contributed by atoms with E-state index < -0.39 is 6.10 Å². The fraction of sp³-hybridized carbons (Fsp3) is 0.200. The van der Waals surface area contributed by atoms with E-state index in [-0.39, 0.29) is 16.5 Å². The molecule has 2 aromatic carbocycles. The molecule has 0 amide bonds. The molecular formula is C15H14ClNO3. The molecule has 0 bridgehead atoms. The van der Waals surface area contributed by atoms with Crippen molar-refractivity contribution in [1.29, 1.82) is 0 Å². The highest BCUT2D eigenvalue weighted by atomic mass is 35.5. The summed E-state index contributed by atoms with van der Waals surface area (Å²) in [6.45, 7) is 0. The maximum atomic E-state index is 11.0. The Morgan fingerprint density at radius 1 is 1.15 bits per heavy atom. The largest absolute Gasteiger partial charge is 0.392 e. The summed E-state index contributed by atoms with van der Waals surface area (Å²) in [5.41, 5.74) is 2.39. The van der Waals surface area contributed by atoms with Gasteiger partial charge in [0.25, 0.3) is 5.69 Å². The lowest BCUT2D eigenvalue weighted by Crippen LogP contribution is -2.11. The number of para-hydroxylation sites is 1. The maximum absolute atomic E-state index is 11.0. The first kappa shape index (κ1) is 14.5. The van der Waals surface area contributed by atoms with Crippen LogP contribution in [0, 0.1) is 10.1 Å². The molecule has 0 aliphatic carbocycles. The summed E-state index contributed by atoms with van der Waals surface area (Å²) in [6.07, 6.45) is -0.103. The van der Waals surface area contributed by atoms with Crippen molar-refractivity contribution in [3.8, 4) is 11.1 Å². The molecule has 0 aliphatic heterocycles. The Morgan fingerprint density at radius 3 is 2.40 bits per heavy atom. The molecule has 0 saturated heterocycles. The standard InChI is InChI=1S/C15H14ClNO3/c16-10-13(18)9-11-5-7-12(8-6-11)14-3-1-2-4-15(14)17(19)20/h1-8,13,18H,9-10H2. The summed E-state index contributed by atoms with van der Waals surface area (Å²) in [6, 6.07) is 14.0. The van der Waals surface area contributed by atoms with E-state index in [1.165, 1.54) is 6.07 Å². The van der Waals surface area contributed by atoms with Crippen LogP contribution in [0.3, 0.4) is 0 Å². The summed E-state index contributed by atoms with van der Waals surface area (Å²) in [5.74, 6) is 0.186. The Balaban J connectivity index is 2.29. The van der Waals surface area contributed by atoms with Gasteiger partial charge in [-0.2, -0.15) is 0 Å². The molecule has 1 atom stereocenters. The number of hydrogen-bond acceptors (Lipinski definition) is 3. The van der Waals surface area contributed by atoms with E-state index >= 15 is 0 Å². The van der Waals surface area contributed by atoms with Crippen molar-refractivity contribution in [3.05, 3.63) is 64.2 Å². The van der Waals surface area contributed by atoms with Crippen LogP contribution in [0.4, 0.5) is 5.69 Å². The zero-order valence-electron chi connectivity index (χ0n) is 10.7. The lowest BCUT2D eigenvalue weighted by molar-refractivity contribution is -0.384. The third-order valence-corrected chi connectivity index (χ3v) is 3.37. The zero-order chi connectivity index (χ0) is 14.5. The second-order valence-electron chi connectivity index (χ2n) is 4.48. The zero-order valence-corrected chi connectivity index (χ0v) is 11.5. The summed E-state index contributed by atoms with van der Waals surface area (Å²) >= 11 is 5.56. The van der Waals surface area contributed by atoms with Crippen LogP contribution in [-0.4, -0.2) is 22.0 Å². The van der Waals surface area contributed by atoms with Gasteiger partial charge in [0.15, 0.2) is 0 Å². The number of aliphatic hydroxyl groups is 1. The molecule has 4 nitrogen and oxygen atoms in total. The number of nitrogens with zero attached hydrogens (tertiary/aromatic N) is 1. The smallest absolute Gasteiger partial charge is 0.277 e. The average molecular weight is 292 g/mol. The van der Waals surface area contributed by atoms with Crippen LogP contribution in [0.25, 0.3) is 11.1 Å². The van der Waals surface area contributed by atoms with Gasteiger partial charge in [-0.25, -0.2) is 0 Å². The Kier molecular flexibility index (Phi) is 4.71. The maximum Gasteiger partial charge on any atom is 0.277 e. The van der Waals surface area contributed by atoms with Crippen molar-refractivity contribution in [2.24, 2.45) is 0 Å². The highest BCUT2D eigenvalue weighted by Gasteiger charge is 2.14. The molecule has 20 heavy (non-hydrogen) atoms. The van der Waals surface area contributed by atoms with Crippen molar-refractivity contribution in [2.45, 2.75) is 12.5 Å². The molecule has 0 saturated carbocycles. The first-order valence-electron chi connectivity index (χ1n) is 6.18. The molecule has 5 heteroatoms. The van der Waals surface area contributed by atoms with E-state index in [9.17, 15) is 15.2 Å². The van der Waals surface area contributed by atoms with Crippen molar-refractivity contribution in [2.75, 3.05) is 5.88 Å². The summed E-state index contributed by atoms with van der Waals surface area (Å²) in [7, 11) is 0. The lowest BCUT2D eigenvalue weighted by atomic mass is 10.0. The van der Waals surface area contributed by atoms with Crippen LogP contribution in [0.15, 0.2) is 48.5 Å². The van der Waals surface area contributed by atoms with Crippen LogP contribution < -0.4 is 0 Å². The third kappa shape index (κ3) is 3.35. The van der Waals surface area contributed by atoms with Crippen molar-refractivity contribution >= 4 is 17.3 Å². The fourth-order valence-electron chi connectivity index (χ4n) is 2.02. The molecule has 1 unspecified atom stereocenters.